The molecule has 1 unspecified atom stereocenters. The standard InChI is InChI=1S/C12H10O5/c13-11-6-8(12(14)17-11)7-1-2-9-10(5-7)16-4-3-15-9/h1-2,5,8H,3-4,6H2. The molecule has 0 saturated carbocycles. The Morgan fingerprint density at radius 1 is 1.06 bits per heavy atom. The molecule has 2 aliphatic rings. The number of carbonyl (C=O) groups is 2. The molecule has 1 atom stereocenters. The van der Waals surface area contributed by atoms with Crippen LogP contribution in [-0.4, -0.2) is 25.2 Å². The number of cyclic esters (lactones) is 2. The normalized spacial score (nSPS) is 22.5. The van der Waals surface area contributed by atoms with Crippen LogP contribution in [0.15, 0.2) is 18.2 Å². The highest BCUT2D eigenvalue weighted by atomic mass is 16.6. The fourth-order valence-corrected chi connectivity index (χ4v) is 2.01. The van der Waals surface area contributed by atoms with Crippen LogP contribution in [0.25, 0.3) is 0 Å². The smallest absolute Gasteiger partial charge is 0.321 e. The molecule has 1 aromatic rings. The topological polar surface area (TPSA) is 61.8 Å². The first-order valence-corrected chi connectivity index (χ1v) is 5.38. The van der Waals surface area contributed by atoms with E-state index in [1.165, 1.54) is 0 Å². The third-order valence-corrected chi connectivity index (χ3v) is 2.84. The summed E-state index contributed by atoms with van der Waals surface area (Å²) in [5.74, 6) is -0.210. The molecule has 5 heteroatoms. The zero-order valence-corrected chi connectivity index (χ0v) is 8.97. The highest BCUT2D eigenvalue weighted by Crippen LogP contribution is 2.36. The Hall–Kier alpha value is -2.04. The molecule has 1 fully saturated rings. The Balaban J connectivity index is 1.93. The van der Waals surface area contributed by atoms with E-state index in [0.717, 1.165) is 5.56 Å². The Morgan fingerprint density at radius 2 is 1.82 bits per heavy atom. The second-order valence-corrected chi connectivity index (χ2v) is 3.95. The van der Waals surface area contributed by atoms with Gasteiger partial charge in [-0.3, -0.25) is 9.59 Å². The minimum atomic E-state index is -0.515. The summed E-state index contributed by atoms with van der Waals surface area (Å²) in [5.41, 5.74) is 0.727. The fourth-order valence-electron chi connectivity index (χ4n) is 2.01. The Morgan fingerprint density at radius 3 is 2.53 bits per heavy atom. The Labute approximate surface area is 97.3 Å². The zero-order chi connectivity index (χ0) is 11.8. The summed E-state index contributed by atoms with van der Waals surface area (Å²) in [6.07, 6.45) is 0.0957. The fraction of sp³-hybridized carbons (Fsp3) is 0.333. The number of benzene rings is 1. The summed E-state index contributed by atoms with van der Waals surface area (Å²) < 4.78 is 15.3. The van der Waals surface area contributed by atoms with Crippen molar-refractivity contribution in [1.29, 1.82) is 0 Å². The van der Waals surface area contributed by atoms with Gasteiger partial charge in [0.1, 0.15) is 13.2 Å². The average molecular weight is 234 g/mol. The second kappa shape index (κ2) is 3.76. The van der Waals surface area contributed by atoms with E-state index in [2.05, 4.69) is 4.74 Å². The van der Waals surface area contributed by atoms with Gasteiger partial charge in [-0.1, -0.05) is 6.07 Å². The van der Waals surface area contributed by atoms with Crippen LogP contribution < -0.4 is 9.47 Å². The monoisotopic (exact) mass is 234 g/mol. The molecule has 1 aromatic carbocycles. The molecule has 2 aliphatic heterocycles. The summed E-state index contributed by atoms with van der Waals surface area (Å²) in [6.45, 7) is 1.01. The van der Waals surface area contributed by atoms with Crippen molar-refractivity contribution >= 4 is 11.9 Å². The predicted molar refractivity (Wildman–Crippen MR) is 55.9 cm³/mol. The van der Waals surface area contributed by atoms with Gasteiger partial charge in [-0.05, 0) is 17.7 Å². The van der Waals surface area contributed by atoms with Gasteiger partial charge < -0.3 is 14.2 Å². The molecule has 5 nitrogen and oxygen atoms in total. The highest BCUT2D eigenvalue weighted by Gasteiger charge is 2.35. The van der Waals surface area contributed by atoms with Crippen molar-refractivity contribution in [2.45, 2.75) is 12.3 Å². The number of esters is 2. The third kappa shape index (κ3) is 1.73. The Kier molecular flexibility index (Phi) is 2.24. The largest absolute Gasteiger partial charge is 0.486 e. The molecule has 0 N–H and O–H groups in total. The molecular formula is C12H10O5. The average Bonchev–Trinajstić information content (AvgIpc) is 2.68. The molecule has 0 amide bonds. The van der Waals surface area contributed by atoms with Gasteiger partial charge in [-0.15, -0.1) is 0 Å². The van der Waals surface area contributed by atoms with Crippen molar-refractivity contribution in [3.8, 4) is 11.5 Å². The molecule has 17 heavy (non-hydrogen) atoms. The number of hydrogen-bond donors (Lipinski definition) is 0. The number of hydrogen-bond acceptors (Lipinski definition) is 5. The molecule has 0 spiro atoms. The molecule has 0 aliphatic carbocycles. The maximum absolute atomic E-state index is 11.4. The molecule has 0 bridgehead atoms. The van der Waals surface area contributed by atoms with Gasteiger partial charge in [0.15, 0.2) is 11.5 Å². The number of ether oxygens (including phenoxy) is 3. The van der Waals surface area contributed by atoms with Gasteiger partial charge >= 0.3 is 11.9 Å². The van der Waals surface area contributed by atoms with Crippen molar-refractivity contribution in [2.75, 3.05) is 13.2 Å². The SMILES string of the molecule is O=C1CC(c2ccc3c(c2)OCCO3)C(=O)O1. The summed E-state index contributed by atoms with van der Waals surface area (Å²) in [6, 6.07) is 5.25. The predicted octanol–water partition coefficient (Wildman–Crippen LogP) is 1.01. The van der Waals surface area contributed by atoms with Crippen molar-refractivity contribution in [3.05, 3.63) is 23.8 Å². The van der Waals surface area contributed by atoms with Crippen LogP contribution >= 0.6 is 0 Å². The number of carbonyl (C=O) groups excluding carboxylic acids is 2. The third-order valence-electron chi connectivity index (χ3n) is 2.84. The zero-order valence-electron chi connectivity index (χ0n) is 8.97. The first kappa shape index (κ1) is 10.1. The van der Waals surface area contributed by atoms with E-state index in [9.17, 15) is 9.59 Å². The maximum atomic E-state index is 11.4. The summed E-state index contributed by atoms with van der Waals surface area (Å²) in [4.78, 5) is 22.5. The van der Waals surface area contributed by atoms with E-state index >= 15 is 0 Å². The van der Waals surface area contributed by atoms with Crippen molar-refractivity contribution < 1.29 is 23.8 Å². The lowest BCUT2D eigenvalue weighted by Gasteiger charge is -2.19. The van der Waals surface area contributed by atoms with E-state index < -0.39 is 17.9 Å². The van der Waals surface area contributed by atoms with E-state index in [-0.39, 0.29) is 6.42 Å². The lowest BCUT2D eigenvalue weighted by atomic mass is 9.97. The van der Waals surface area contributed by atoms with Crippen LogP contribution in [-0.2, 0) is 14.3 Å². The highest BCUT2D eigenvalue weighted by molar-refractivity contribution is 5.97. The van der Waals surface area contributed by atoms with E-state index in [1.807, 2.05) is 0 Å². The van der Waals surface area contributed by atoms with E-state index in [4.69, 9.17) is 9.47 Å². The van der Waals surface area contributed by atoms with Crippen LogP contribution in [0.3, 0.4) is 0 Å². The van der Waals surface area contributed by atoms with Gasteiger partial charge in [0, 0.05) is 0 Å². The molecule has 1 saturated heterocycles. The van der Waals surface area contributed by atoms with Gasteiger partial charge in [0.05, 0.1) is 12.3 Å². The Bertz CT molecular complexity index is 494. The number of fused-ring (bicyclic) bond motifs is 1. The molecule has 0 aromatic heterocycles. The van der Waals surface area contributed by atoms with Gasteiger partial charge in [-0.2, -0.15) is 0 Å². The summed E-state index contributed by atoms with van der Waals surface area (Å²) in [5, 5.41) is 0. The van der Waals surface area contributed by atoms with E-state index in [1.54, 1.807) is 18.2 Å². The lowest BCUT2D eigenvalue weighted by molar-refractivity contribution is -0.152. The maximum Gasteiger partial charge on any atom is 0.321 e. The minimum absolute atomic E-state index is 0.0957. The van der Waals surface area contributed by atoms with Gasteiger partial charge in [-0.25, -0.2) is 0 Å². The second-order valence-electron chi connectivity index (χ2n) is 3.95. The first-order chi connectivity index (χ1) is 8.24. The van der Waals surface area contributed by atoms with Gasteiger partial charge in [0.2, 0.25) is 0 Å². The van der Waals surface area contributed by atoms with E-state index in [0.29, 0.717) is 24.7 Å². The molecule has 88 valence electrons. The summed E-state index contributed by atoms with van der Waals surface area (Å²) in [7, 11) is 0. The van der Waals surface area contributed by atoms with Crippen LogP contribution in [0.1, 0.15) is 17.9 Å². The quantitative estimate of drug-likeness (QED) is 0.536. The molecule has 0 radical (unpaired) electrons. The van der Waals surface area contributed by atoms with Crippen LogP contribution in [0, 0.1) is 0 Å². The molecule has 2 heterocycles. The van der Waals surface area contributed by atoms with Gasteiger partial charge in [0.25, 0.3) is 0 Å². The summed E-state index contributed by atoms with van der Waals surface area (Å²) >= 11 is 0. The van der Waals surface area contributed by atoms with Crippen LogP contribution in [0.4, 0.5) is 0 Å². The van der Waals surface area contributed by atoms with Crippen molar-refractivity contribution in [1.82, 2.24) is 0 Å². The number of rotatable bonds is 1. The van der Waals surface area contributed by atoms with Crippen molar-refractivity contribution in [3.63, 3.8) is 0 Å². The first-order valence-electron chi connectivity index (χ1n) is 5.38. The van der Waals surface area contributed by atoms with Crippen LogP contribution in [0.5, 0.6) is 11.5 Å². The van der Waals surface area contributed by atoms with Crippen molar-refractivity contribution in [2.24, 2.45) is 0 Å². The van der Waals surface area contributed by atoms with Crippen LogP contribution in [0.2, 0.25) is 0 Å². The molecular weight excluding hydrogens is 224 g/mol. The minimum Gasteiger partial charge on any atom is -0.486 e. The lowest BCUT2D eigenvalue weighted by Crippen LogP contribution is -2.16. The molecule has 3 rings (SSSR count).